The van der Waals surface area contributed by atoms with E-state index >= 15 is 0 Å². The molecular formula is C15H11ClF3N3O2. The third-order valence-electron chi connectivity index (χ3n) is 3.34. The van der Waals surface area contributed by atoms with E-state index < -0.39 is 17.8 Å². The van der Waals surface area contributed by atoms with Crippen molar-refractivity contribution in [2.45, 2.75) is 19.2 Å². The normalized spacial score (nSPS) is 16.9. The summed E-state index contributed by atoms with van der Waals surface area (Å²) in [5, 5.41) is 5.31. The Morgan fingerprint density at radius 1 is 1.33 bits per heavy atom. The second-order valence-electron chi connectivity index (χ2n) is 5.14. The molecule has 0 spiro atoms. The van der Waals surface area contributed by atoms with Gasteiger partial charge >= 0.3 is 6.18 Å². The number of aromatic nitrogens is 1. The highest BCUT2D eigenvalue weighted by Gasteiger charge is 2.31. The van der Waals surface area contributed by atoms with E-state index in [-0.39, 0.29) is 16.7 Å². The molecule has 2 N–H and O–H groups in total. The standard InChI is InChI=1S/C15H11ClF3N3O2/c1-7-14(23)22-11-5-9(2-3-12(11)24-7)21-13-10(16)4-8(6-20-13)15(17,18)19/h2-7H,1H3,(H,20,21)(H,22,23). The van der Waals surface area contributed by atoms with Crippen molar-refractivity contribution >= 4 is 34.7 Å². The zero-order valence-electron chi connectivity index (χ0n) is 12.2. The fraction of sp³-hybridized carbons (Fsp3) is 0.200. The number of amides is 1. The van der Waals surface area contributed by atoms with Crippen molar-refractivity contribution in [3.8, 4) is 5.75 Å². The predicted molar refractivity (Wildman–Crippen MR) is 82.7 cm³/mol. The first-order chi connectivity index (χ1) is 11.2. The Balaban J connectivity index is 1.85. The summed E-state index contributed by atoms with van der Waals surface area (Å²) in [6, 6.07) is 5.64. The summed E-state index contributed by atoms with van der Waals surface area (Å²) in [7, 11) is 0. The molecule has 2 aromatic rings. The van der Waals surface area contributed by atoms with Crippen LogP contribution >= 0.6 is 11.6 Å². The van der Waals surface area contributed by atoms with Gasteiger partial charge < -0.3 is 15.4 Å². The molecule has 1 amide bonds. The van der Waals surface area contributed by atoms with E-state index in [1.54, 1.807) is 25.1 Å². The van der Waals surface area contributed by atoms with Crippen molar-refractivity contribution in [2.24, 2.45) is 0 Å². The van der Waals surface area contributed by atoms with Gasteiger partial charge in [-0.1, -0.05) is 11.6 Å². The number of nitrogens with one attached hydrogen (secondary N) is 2. The topological polar surface area (TPSA) is 63.2 Å². The van der Waals surface area contributed by atoms with E-state index in [0.29, 0.717) is 23.3 Å². The molecule has 3 rings (SSSR count). The van der Waals surface area contributed by atoms with Gasteiger partial charge in [0.15, 0.2) is 6.10 Å². The van der Waals surface area contributed by atoms with Crippen molar-refractivity contribution in [3.05, 3.63) is 41.0 Å². The van der Waals surface area contributed by atoms with Gasteiger partial charge in [0.1, 0.15) is 11.6 Å². The van der Waals surface area contributed by atoms with Crippen molar-refractivity contribution in [1.82, 2.24) is 4.98 Å². The lowest BCUT2D eigenvalue weighted by atomic mass is 10.2. The molecule has 0 fully saturated rings. The SMILES string of the molecule is CC1Oc2ccc(Nc3ncc(C(F)(F)F)cc3Cl)cc2NC1=O. The van der Waals surface area contributed by atoms with Gasteiger partial charge in [0.25, 0.3) is 5.91 Å². The predicted octanol–water partition coefficient (Wildman–Crippen LogP) is 4.22. The van der Waals surface area contributed by atoms with Crippen molar-refractivity contribution in [2.75, 3.05) is 10.6 Å². The van der Waals surface area contributed by atoms with Crippen molar-refractivity contribution < 1.29 is 22.7 Å². The average Bonchev–Trinajstić information content (AvgIpc) is 2.49. The van der Waals surface area contributed by atoms with Crippen LogP contribution in [0.2, 0.25) is 5.02 Å². The molecule has 0 bridgehead atoms. The number of halogens is 4. The Hall–Kier alpha value is -2.48. The van der Waals surface area contributed by atoms with E-state index in [0.717, 1.165) is 6.07 Å². The van der Waals surface area contributed by atoms with Crippen molar-refractivity contribution in [1.29, 1.82) is 0 Å². The lowest BCUT2D eigenvalue weighted by molar-refractivity contribution is -0.137. The fourth-order valence-corrected chi connectivity index (χ4v) is 2.32. The average molecular weight is 358 g/mol. The summed E-state index contributed by atoms with van der Waals surface area (Å²) < 4.78 is 43.3. The van der Waals surface area contributed by atoms with Gasteiger partial charge in [-0.15, -0.1) is 0 Å². The van der Waals surface area contributed by atoms with Gasteiger partial charge in [-0.2, -0.15) is 13.2 Å². The van der Waals surface area contributed by atoms with E-state index in [4.69, 9.17) is 16.3 Å². The molecule has 0 aliphatic carbocycles. The number of hydrogen-bond acceptors (Lipinski definition) is 4. The Kier molecular flexibility index (Phi) is 4.00. The summed E-state index contributed by atoms with van der Waals surface area (Å²) in [4.78, 5) is 15.3. The van der Waals surface area contributed by atoms with Gasteiger partial charge in [-0.05, 0) is 31.2 Å². The Bertz CT molecular complexity index is 811. The molecule has 1 aliphatic rings. The Labute approximate surface area is 139 Å². The number of carbonyl (C=O) groups is 1. The van der Waals surface area contributed by atoms with Gasteiger partial charge in [0.05, 0.1) is 16.3 Å². The quantitative estimate of drug-likeness (QED) is 0.844. The molecule has 2 heterocycles. The molecular weight excluding hydrogens is 347 g/mol. The van der Waals surface area contributed by atoms with Crippen LogP contribution < -0.4 is 15.4 Å². The number of rotatable bonds is 2. The maximum absolute atomic E-state index is 12.6. The smallest absolute Gasteiger partial charge is 0.417 e. The lowest BCUT2D eigenvalue weighted by Gasteiger charge is -2.23. The first-order valence-corrected chi connectivity index (χ1v) is 7.23. The molecule has 1 aromatic carbocycles. The highest BCUT2D eigenvalue weighted by atomic mass is 35.5. The minimum atomic E-state index is -4.51. The Morgan fingerprint density at radius 2 is 2.08 bits per heavy atom. The van der Waals surface area contributed by atoms with Crippen LogP contribution in [0.3, 0.4) is 0 Å². The number of pyridine rings is 1. The zero-order valence-corrected chi connectivity index (χ0v) is 13.0. The third-order valence-corrected chi connectivity index (χ3v) is 3.63. The number of carbonyl (C=O) groups excluding carboxylic acids is 1. The molecule has 0 radical (unpaired) electrons. The number of hydrogen-bond donors (Lipinski definition) is 2. The Morgan fingerprint density at radius 3 is 2.75 bits per heavy atom. The van der Waals surface area contributed by atoms with Crippen LogP contribution in [-0.4, -0.2) is 17.0 Å². The van der Waals surface area contributed by atoms with E-state index in [2.05, 4.69) is 15.6 Å². The van der Waals surface area contributed by atoms with Crippen LogP contribution in [0.25, 0.3) is 0 Å². The molecule has 0 saturated carbocycles. The second-order valence-corrected chi connectivity index (χ2v) is 5.54. The highest BCUT2D eigenvalue weighted by Crippen LogP contribution is 2.35. The van der Waals surface area contributed by atoms with Gasteiger partial charge in [0, 0.05) is 11.9 Å². The molecule has 1 aliphatic heterocycles. The summed E-state index contributed by atoms with van der Waals surface area (Å²) in [5.74, 6) is 0.283. The van der Waals surface area contributed by atoms with Crippen LogP contribution in [0, 0.1) is 0 Å². The first-order valence-electron chi connectivity index (χ1n) is 6.85. The molecule has 9 heteroatoms. The van der Waals surface area contributed by atoms with Gasteiger partial charge in [-0.25, -0.2) is 4.98 Å². The number of anilines is 3. The summed E-state index contributed by atoms with van der Waals surface area (Å²) in [6.45, 7) is 1.62. The monoisotopic (exact) mass is 357 g/mol. The molecule has 5 nitrogen and oxygen atoms in total. The van der Waals surface area contributed by atoms with Crippen LogP contribution in [0.5, 0.6) is 5.75 Å². The molecule has 1 aromatic heterocycles. The van der Waals surface area contributed by atoms with Gasteiger partial charge in [-0.3, -0.25) is 4.79 Å². The van der Waals surface area contributed by atoms with E-state index in [9.17, 15) is 18.0 Å². The lowest BCUT2D eigenvalue weighted by Crippen LogP contribution is -2.34. The van der Waals surface area contributed by atoms with Crippen LogP contribution in [0.15, 0.2) is 30.5 Å². The number of nitrogens with zero attached hydrogens (tertiary/aromatic N) is 1. The first kappa shape index (κ1) is 16.4. The van der Waals surface area contributed by atoms with Crippen LogP contribution in [-0.2, 0) is 11.0 Å². The number of benzene rings is 1. The van der Waals surface area contributed by atoms with E-state index in [1.807, 2.05) is 0 Å². The van der Waals surface area contributed by atoms with Crippen molar-refractivity contribution in [3.63, 3.8) is 0 Å². The minimum absolute atomic E-state index is 0.0704. The molecule has 126 valence electrons. The molecule has 1 atom stereocenters. The van der Waals surface area contributed by atoms with Gasteiger partial charge in [0.2, 0.25) is 0 Å². The maximum atomic E-state index is 12.6. The molecule has 24 heavy (non-hydrogen) atoms. The van der Waals surface area contributed by atoms with Crippen LogP contribution in [0.4, 0.5) is 30.4 Å². The summed E-state index contributed by atoms with van der Waals surface area (Å²) >= 11 is 5.85. The number of ether oxygens (including phenoxy) is 1. The highest BCUT2D eigenvalue weighted by molar-refractivity contribution is 6.33. The van der Waals surface area contributed by atoms with E-state index in [1.165, 1.54) is 0 Å². The minimum Gasteiger partial charge on any atom is -0.479 e. The maximum Gasteiger partial charge on any atom is 0.417 e. The summed E-state index contributed by atoms with van der Waals surface area (Å²) in [6.07, 6.45) is -4.42. The number of fused-ring (bicyclic) bond motifs is 1. The molecule has 1 unspecified atom stereocenters. The fourth-order valence-electron chi connectivity index (χ4n) is 2.11. The third kappa shape index (κ3) is 3.23. The zero-order chi connectivity index (χ0) is 17.5. The number of alkyl halides is 3. The molecule has 0 saturated heterocycles. The summed E-state index contributed by atoms with van der Waals surface area (Å²) in [5.41, 5.74) is 0.00522. The largest absolute Gasteiger partial charge is 0.479 e. The van der Waals surface area contributed by atoms with Crippen LogP contribution in [0.1, 0.15) is 12.5 Å². The second kappa shape index (κ2) is 5.86.